The largest absolute Gasteiger partial charge is 0.489 e. The van der Waals surface area contributed by atoms with E-state index in [1.165, 1.54) is 12.1 Å². The number of benzene rings is 2. The van der Waals surface area contributed by atoms with E-state index in [-0.39, 0.29) is 11.3 Å². The number of aromatic nitrogens is 2. The van der Waals surface area contributed by atoms with Crippen LogP contribution >= 0.6 is 0 Å². The Morgan fingerprint density at radius 1 is 1.11 bits per heavy atom. The highest BCUT2D eigenvalue weighted by Crippen LogP contribution is 2.17. The summed E-state index contributed by atoms with van der Waals surface area (Å²) >= 11 is 0. The Bertz CT molecular complexity index is 1020. The van der Waals surface area contributed by atoms with Crippen LogP contribution in [0.15, 0.2) is 65.5 Å². The Kier molecular flexibility index (Phi) is 5.60. The van der Waals surface area contributed by atoms with Crippen molar-refractivity contribution in [3.05, 3.63) is 87.8 Å². The van der Waals surface area contributed by atoms with E-state index in [2.05, 4.69) is 21.6 Å². The molecule has 1 aromatic heterocycles. The van der Waals surface area contributed by atoms with Crippen LogP contribution < -0.4 is 15.6 Å². The molecule has 1 amide bonds. The minimum absolute atomic E-state index is 0.119. The van der Waals surface area contributed by atoms with Crippen LogP contribution in [0.3, 0.4) is 0 Å². The molecule has 0 aliphatic heterocycles. The van der Waals surface area contributed by atoms with Crippen LogP contribution in [0.25, 0.3) is 0 Å². The molecule has 3 rings (SSSR count). The smallest absolute Gasteiger partial charge is 0.276 e. The quantitative estimate of drug-likeness (QED) is 0.703. The monoisotopic (exact) mass is 360 g/mol. The van der Waals surface area contributed by atoms with Crippen LogP contribution in [-0.4, -0.2) is 16.1 Å². The Labute approximate surface area is 155 Å². The van der Waals surface area contributed by atoms with Crippen LogP contribution in [0.2, 0.25) is 0 Å². The fourth-order valence-corrected chi connectivity index (χ4v) is 2.37. The molecule has 0 unspecified atom stereocenters. The summed E-state index contributed by atoms with van der Waals surface area (Å²) in [6.45, 7) is 0.332. The van der Waals surface area contributed by atoms with Crippen LogP contribution in [0.1, 0.15) is 21.6 Å². The number of carbonyl (C=O) groups is 1. The predicted octanol–water partition coefficient (Wildman–Crippen LogP) is 2.67. The summed E-state index contributed by atoms with van der Waals surface area (Å²) < 4.78 is 5.74. The molecule has 27 heavy (non-hydrogen) atoms. The molecule has 0 radical (unpaired) electrons. The molecule has 2 N–H and O–H groups in total. The van der Waals surface area contributed by atoms with Crippen molar-refractivity contribution in [2.45, 2.75) is 13.0 Å². The number of rotatable bonds is 6. The van der Waals surface area contributed by atoms with Crippen LogP contribution in [0.4, 0.5) is 5.69 Å². The Balaban J connectivity index is 1.61. The van der Waals surface area contributed by atoms with Crippen molar-refractivity contribution < 1.29 is 9.53 Å². The van der Waals surface area contributed by atoms with Crippen LogP contribution in [0, 0.1) is 11.3 Å². The van der Waals surface area contributed by atoms with Crippen molar-refractivity contribution in [2.24, 2.45) is 0 Å². The first-order valence-electron chi connectivity index (χ1n) is 8.19. The van der Waals surface area contributed by atoms with E-state index >= 15 is 0 Å². The number of ether oxygens (including phenoxy) is 1. The zero-order valence-electron chi connectivity index (χ0n) is 14.3. The SMILES string of the molecule is N#CCc1ccc(OCc2cccc(NC(=O)c3ccc(=O)[nH]n3)c2)cc1. The molecule has 0 bridgehead atoms. The maximum absolute atomic E-state index is 12.2. The molecule has 0 saturated heterocycles. The lowest BCUT2D eigenvalue weighted by Gasteiger charge is -2.09. The molecule has 134 valence electrons. The molecule has 3 aromatic rings. The zero-order chi connectivity index (χ0) is 19.1. The number of hydrogen-bond donors (Lipinski definition) is 2. The average Bonchev–Trinajstić information content (AvgIpc) is 2.68. The minimum Gasteiger partial charge on any atom is -0.489 e. The van der Waals surface area contributed by atoms with Crippen LogP contribution in [-0.2, 0) is 13.0 Å². The first-order chi connectivity index (χ1) is 13.1. The Morgan fingerprint density at radius 2 is 1.93 bits per heavy atom. The number of nitriles is 1. The molecule has 0 aliphatic carbocycles. The van der Waals surface area contributed by atoms with Gasteiger partial charge in [0.05, 0.1) is 12.5 Å². The van der Waals surface area contributed by atoms with Gasteiger partial charge < -0.3 is 10.1 Å². The molecule has 7 heteroatoms. The molecule has 1 heterocycles. The van der Waals surface area contributed by atoms with E-state index in [9.17, 15) is 9.59 Å². The lowest BCUT2D eigenvalue weighted by molar-refractivity contribution is 0.102. The highest BCUT2D eigenvalue weighted by atomic mass is 16.5. The van der Waals surface area contributed by atoms with Gasteiger partial charge in [-0.1, -0.05) is 24.3 Å². The van der Waals surface area contributed by atoms with Gasteiger partial charge in [0.1, 0.15) is 18.1 Å². The number of nitrogens with zero attached hydrogens (tertiary/aromatic N) is 2. The van der Waals surface area contributed by atoms with E-state index < -0.39 is 5.91 Å². The molecule has 2 aromatic carbocycles. The molecular formula is C20H16N4O3. The number of H-pyrrole nitrogens is 1. The first kappa shape index (κ1) is 17.9. The summed E-state index contributed by atoms with van der Waals surface area (Å²) in [5.74, 6) is 0.279. The fourth-order valence-electron chi connectivity index (χ4n) is 2.37. The molecular weight excluding hydrogens is 344 g/mol. The maximum atomic E-state index is 12.2. The number of aromatic amines is 1. The summed E-state index contributed by atoms with van der Waals surface area (Å²) in [7, 11) is 0. The zero-order valence-corrected chi connectivity index (χ0v) is 14.3. The number of amides is 1. The molecule has 0 saturated carbocycles. The minimum atomic E-state index is -0.419. The standard InChI is InChI=1S/C20H16N4O3/c21-11-10-14-4-6-17(7-5-14)27-13-15-2-1-3-16(12-15)22-20(26)18-8-9-19(25)24-23-18/h1-9,12H,10,13H2,(H,22,26)(H,24,25). The van der Waals surface area contributed by atoms with Gasteiger partial charge in [-0.25, -0.2) is 5.10 Å². The molecule has 0 spiro atoms. The first-order valence-corrected chi connectivity index (χ1v) is 8.19. The van der Waals surface area contributed by atoms with Crippen molar-refractivity contribution in [3.63, 3.8) is 0 Å². The van der Waals surface area contributed by atoms with Gasteiger partial charge in [0.15, 0.2) is 0 Å². The normalized spacial score (nSPS) is 10.0. The number of carbonyl (C=O) groups excluding carboxylic acids is 1. The Hall–Kier alpha value is -3.92. The summed E-state index contributed by atoms with van der Waals surface area (Å²) in [5, 5.41) is 17.3. The van der Waals surface area contributed by atoms with Crippen LogP contribution in [0.5, 0.6) is 5.75 Å². The lowest BCUT2D eigenvalue weighted by Crippen LogP contribution is -2.17. The third-order valence-corrected chi connectivity index (χ3v) is 3.71. The third-order valence-electron chi connectivity index (χ3n) is 3.71. The van der Waals surface area contributed by atoms with E-state index in [0.717, 1.165) is 11.1 Å². The predicted molar refractivity (Wildman–Crippen MR) is 99.3 cm³/mol. The van der Waals surface area contributed by atoms with Gasteiger partial charge >= 0.3 is 0 Å². The van der Waals surface area contributed by atoms with Gasteiger partial charge in [-0.3, -0.25) is 9.59 Å². The van der Waals surface area contributed by atoms with E-state index in [4.69, 9.17) is 10.00 Å². The second kappa shape index (κ2) is 8.45. The highest BCUT2D eigenvalue weighted by molar-refractivity contribution is 6.02. The second-order valence-electron chi connectivity index (χ2n) is 5.73. The van der Waals surface area contributed by atoms with Gasteiger partial charge in [-0.2, -0.15) is 10.4 Å². The number of anilines is 1. The molecule has 0 fully saturated rings. The Morgan fingerprint density at radius 3 is 2.63 bits per heavy atom. The van der Waals surface area contributed by atoms with Crippen molar-refractivity contribution in [3.8, 4) is 11.8 Å². The van der Waals surface area contributed by atoms with Gasteiger partial charge in [0.2, 0.25) is 0 Å². The number of nitrogens with one attached hydrogen (secondary N) is 2. The van der Waals surface area contributed by atoms with Gasteiger partial charge in [0, 0.05) is 11.8 Å². The summed E-state index contributed by atoms with van der Waals surface area (Å²) in [4.78, 5) is 23.2. The van der Waals surface area contributed by atoms with Gasteiger partial charge in [0.25, 0.3) is 11.5 Å². The highest BCUT2D eigenvalue weighted by Gasteiger charge is 2.08. The number of hydrogen-bond acceptors (Lipinski definition) is 5. The molecule has 0 aliphatic rings. The van der Waals surface area contributed by atoms with Crippen molar-refractivity contribution >= 4 is 11.6 Å². The summed E-state index contributed by atoms with van der Waals surface area (Å²) in [5.41, 5.74) is 2.16. The van der Waals surface area contributed by atoms with Gasteiger partial charge in [-0.05, 0) is 41.5 Å². The van der Waals surface area contributed by atoms with E-state index in [1.807, 2.05) is 36.4 Å². The summed E-state index contributed by atoms with van der Waals surface area (Å²) in [6, 6.07) is 19.3. The topological polar surface area (TPSA) is 108 Å². The average molecular weight is 360 g/mol. The van der Waals surface area contributed by atoms with Crippen molar-refractivity contribution in [2.75, 3.05) is 5.32 Å². The second-order valence-corrected chi connectivity index (χ2v) is 5.73. The fraction of sp³-hybridized carbons (Fsp3) is 0.100. The van der Waals surface area contributed by atoms with Crippen molar-refractivity contribution in [1.82, 2.24) is 10.2 Å². The molecule has 7 nitrogen and oxygen atoms in total. The molecule has 0 atom stereocenters. The van der Waals surface area contributed by atoms with E-state index in [0.29, 0.717) is 24.5 Å². The maximum Gasteiger partial charge on any atom is 0.276 e. The lowest BCUT2D eigenvalue weighted by atomic mass is 10.1. The van der Waals surface area contributed by atoms with Gasteiger partial charge in [-0.15, -0.1) is 0 Å². The summed E-state index contributed by atoms with van der Waals surface area (Å²) in [6.07, 6.45) is 0.367. The third kappa shape index (κ3) is 5.03. The van der Waals surface area contributed by atoms with E-state index in [1.54, 1.807) is 12.1 Å². The van der Waals surface area contributed by atoms with Crippen molar-refractivity contribution in [1.29, 1.82) is 5.26 Å².